The van der Waals surface area contributed by atoms with Gasteiger partial charge in [0.2, 0.25) is 0 Å². The molecule has 0 aromatic heterocycles. The molecule has 1 atom stereocenters. The zero-order valence-electron chi connectivity index (χ0n) is 15.3. The molecule has 3 rings (SSSR count). The second kappa shape index (κ2) is 9.78. The van der Waals surface area contributed by atoms with Crippen molar-refractivity contribution in [3.63, 3.8) is 0 Å². The van der Waals surface area contributed by atoms with Gasteiger partial charge in [0.15, 0.2) is 5.96 Å². The molecule has 140 valence electrons. The summed E-state index contributed by atoms with van der Waals surface area (Å²) in [5.74, 6) is 2.76. The van der Waals surface area contributed by atoms with E-state index >= 15 is 0 Å². The van der Waals surface area contributed by atoms with Gasteiger partial charge in [-0.15, -0.1) is 24.0 Å². The average molecular weight is 466 g/mol. The van der Waals surface area contributed by atoms with E-state index in [9.17, 15) is 0 Å². The number of aliphatic imine (C=N–C) groups is 1. The summed E-state index contributed by atoms with van der Waals surface area (Å²) >= 11 is 0. The molecule has 2 aromatic carbocycles. The molecule has 3 N–H and O–H groups in total. The lowest BCUT2D eigenvalue weighted by Crippen LogP contribution is -2.34. The quantitative estimate of drug-likeness (QED) is 0.366. The largest absolute Gasteiger partial charge is 0.457 e. The van der Waals surface area contributed by atoms with Crippen LogP contribution in [0.5, 0.6) is 11.5 Å². The Morgan fingerprint density at radius 3 is 2.50 bits per heavy atom. The third-order valence-corrected chi connectivity index (χ3v) is 4.36. The van der Waals surface area contributed by atoms with E-state index in [2.05, 4.69) is 29.3 Å². The first-order valence-corrected chi connectivity index (χ1v) is 8.68. The van der Waals surface area contributed by atoms with Crippen LogP contribution in [0, 0.1) is 5.92 Å². The summed E-state index contributed by atoms with van der Waals surface area (Å²) in [5, 5.41) is 3.15. The molecule has 2 aromatic rings. The van der Waals surface area contributed by atoms with Gasteiger partial charge >= 0.3 is 0 Å². The van der Waals surface area contributed by atoms with Crippen LogP contribution in [0.1, 0.15) is 12.8 Å². The Labute approximate surface area is 172 Å². The zero-order valence-corrected chi connectivity index (χ0v) is 17.6. The number of anilines is 1. The average Bonchev–Trinajstić information content (AvgIpc) is 3.41. The van der Waals surface area contributed by atoms with E-state index in [1.54, 1.807) is 0 Å². The lowest BCUT2D eigenvalue weighted by Gasteiger charge is -2.22. The summed E-state index contributed by atoms with van der Waals surface area (Å²) in [4.78, 5) is 6.76. The number of nitrogens with one attached hydrogen (secondary N) is 1. The first-order valence-electron chi connectivity index (χ1n) is 8.68. The molecule has 0 amide bonds. The number of halogens is 1. The van der Waals surface area contributed by atoms with E-state index < -0.39 is 0 Å². The molecule has 0 bridgehead atoms. The maximum absolute atomic E-state index is 6.06. The monoisotopic (exact) mass is 466 g/mol. The van der Waals surface area contributed by atoms with E-state index in [0.717, 1.165) is 29.6 Å². The van der Waals surface area contributed by atoms with Gasteiger partial charge in [0.05, 0.1) is 6.54 Å². The molecular formula is C20H27IN4O. The summed E-state index contributed by atoms with van der Waals surface area (Å²) in [7, 11) is 4.21. The predicted molar refractivity (Wildman–Crippen MR) is 119 cm³/mol. The molecule has 6 heteroatoms. The topological polar surface area (TPSA) is 62.9 Å². The van der Waals surface area contributed by atoms with Gasteiger partial charge in [0.25, 0.3) is 0 Å². The van der Waals surface area contributed by atoms with Crippen molar-refractivity contribution >= 4 is 35.6 Å². The van der Waals surface area contributed by atoms with Crippen molar-refractivity contribution in [3.05, 3.63) is 54.6 Å². The second-order valence-corrected chi connectivity index (χ2v) is 6.66. The molecular weight excluding hydrogens is 439 g/mol. The third kappa shape index (κ3) is 6.17. The molecule has 0 radical (unpaired) electrons. The van der Waals surface area contributed by atoms with Crippen LogP contribution in [0.15, 0.2) is 59.6 Å². The Morgan fingerprint density at radius 1 is 1.15 bits per heavy atom. The van der Waals surface area contributed by atoms with Gasteiger partial charge in [0, 0.05) is 17.8 Å². The third-order valence-electron chi connectivity index (χ3n) is 4.36. The van der Waals surface area contributed by atoms with Crippen molar-refractivity contribution in [3.8, 4) is 11.5 Å². The van der Waals surface area contributed by atoms with Gasteiger partial charge < -0.3 is 20.7 Å². The smallest absolute Gasteiger partial charge is 0.193 e. The zero-order chi connectivity index (χ0) is 17.6. The Kier molecular flexibility index (Phi) is 7.71. The summed E-state index contributed by atoms with van der Waals surface area (Å²) in [6.45, 7) is 0.719. The number of likely N-dealkylation sites (N-methyl/N-ethyl adjacent to an activating group) is 1. The maximum Gasteiger partial charge on any atom is 0.193 e. The van der Waals surface area contributed by atoms with Gasteiger partial charge in [-0.1, -0.05) is 24.3 Å². The summed E-state index contributed by atoms with van der Waals surface area (Å²) in [6.07, 6.45) is 2.59. The first kappa shape index (κ1) is 20.5. The number of benzene rings is 2. The van der Waals surface area contributed by atoms with E-state index in [1.807, 2.05) is 54.6 Å². The maximum atomic E-state index is 6.06. The van der Waals surface area contributed by atoms with E-state index in [-0.39, 0.29) is 24.0 Å². The molecule has 1 aliphatic carbocycles. The van der Waals surface area contributed by atoms with Crippen molar-refractivity contribution in [1.29, 1.82) is 0 Å². The minimum atomic E-state index is 0. The Morgan fingerprint density at radius 2 is 1.85 bits per heavy atom. The molecule has 0 spiro atoms. The first-order chi connectivity index (χ1) is 12.1. The molecule has 1 aliphatic rings. The minimum Gasteiger partial charge on any atom is -0.457 e. The van der Waals surface area contributed by atoms with Crippen LogP contribution in [0.4, 0.5) is 5.69 Å². The highest BCUT2D eigenvalue weighted by molar-refractivity contribution is 14.0. The van der Waals surface area contributed by atoms with Crippen LogP contribution in [-0.4, -0.2) is 37.5 Å². The van der Waals surface area contributed by atoms with Gasteiger partial charge in [-0.2, -0.15) is 0 Å². The molecule has 0 saturated heterocycles. The molecule has 5 nitrogen and oxygen atoms in total. The predicted octanol–water partition coefficient (Wildman–Crippen LogP) is 4.16. The lowest BCUT2D eigenvalue weighted by molar-refractivity contribution is 0.271. The number of guanidine groups is 1. The van der Waals surface area contributed by atoms with Crippen molar-refractivity contribution in [2.45, 2.75) is 18.9 Å². The number of rotatable bonds is 7. The Balaban J connectivity index is 0.00000243. The highest BCUT2D eigenvalue weighted by Crippen LogP contribution is 2.34. The van der Waals surface area contributed by atoms with Crippen molar-refractivity contribution in [1.82, 2.24) is 4.90 Å². The number of ether oxygens (including phenoxy) is 1. The van der Waals surface area contributed by atoms with Gasteiger partial charge in [-0.25, -0.2) is 0 Å². The van der Waals surface area contributed by atoms with Crippen molar-refractivity contribution in [2.24, 2.45) is 16.6 Å². The number of nitrogens with two attached hydrogens (primary N) is 1. The Hall–Kier alpha value is -1.80. The Bertz CT molecular complexity index is 715. The van der Waals surface area contributed by atoms with Crippen LogP contribution in [0.2, 0.25) is 0 Å². The molecule has 0 aliphatic heterocycles. The summed E-state index contributed by atoms with van der Waals surface area (Å²) < 4.78 is 5.84. The SMILES string of the molecule is CN(C)C(CN=C(N)Nc1cccc(Oc2ccccc2)c1)C1CC1.I. The summed E-state index contributed by atoms with van der Waals surface area (Å²) in [5.41, 5.74) is 6.92. The van der Waals surface area contributed by atoms with Crippen LogP contribution in [0.25, 0.3) is 0 Å². The van der Waals surface area contributed by atoms with E-state index in [0.29, 0.717) is 12.0 Å². The van der Waals surface area contributed by atoms with E-state index in [1.165, 1.54) is 12.8 Å². The van der Waals surface area contributed by atoms with Crippen LogP contribution in [0.3, 0.4) is 0 Å². The molecule has 1 unspecified atom stereocenters. The summed E-state index contributed by atoms with van der Waals surface area (Å²) in [6, 6.07) is 17.9. The van der Waals surface area contributed by atoms with E-state index in [4.69, 9.17) is 10.5 Å². The fourth-order valence-electron chi connectivity index (χ4n) is 2.86. The normalized spacial score (nSPS) is 15.3. The highest BCUT2D eigenvalue weighted by atomic mass is 127. The van der Waals surface area contributed by atoms with Gasteiger partial charge in [0.1, 0.15) is 11.5 Å². The van der Waals surface area contributed by atoms with Crippen molar-refractivity contribution < 1.29 is 4.74 Å². The number of hydrogen-bond acceptors (Lipinski definition) is 3. The fraction of sp³-hybridized carbons (Fsp3) is 0.350. The van der Waals surface area contributed by atoms with Crippen LogP contribution in [-0.2, 0) is 0 Å². The second-order valence-electron chi connectivity index (χ2n) is 6.66. The highest BCUT2D eigenvalue weighted by Gasteiger charge is 2.32. The molecule has 26 heavy (non-hydrogen) atoms. The number of nitrogens with zero attached hydrogens (tertiary/aromatic N) is 2. The van der Waals surface area contributed by atoms with Crippen molar-refractivity contribution in [2.75, 3.05) is 26.0 Å². The van der Waals surface area contributed by atoms with Crippen LogP contribution < -0.4 is 15.8 Å². The fourth-order valence-corrected chi connectivity index (χ4v) is 2.86. The van der Waals surface area contributed by atoms with Gasteiger partial charge in [-0.3, -0.25) is 4.99 Å². The number of para-hydroxylation sites is 1. The van der Waals surface area contributed by atoms with Gasteiger partial charge in [-0.05, 0) is 57.1 Å². The minimum absolute atomic E-state index is 0. The molecule has 0 heterocycles. The number of hydrogen-bond donors (Lipinski definition) is 2. The lowest BCUT2D eigenvalue weighted by atomic mass is 10.2. The van der Waals surface area contributed by atoms with Crippen LogP contribution >= 0.6 is 24.0 Å². The molecule has 1 fully saturated rings. The molecule has 1 saturated carbocycles. The standard InChI is InChI=1S/C20H26N4O.HI/c1-24(2)19(15-11-12-15)14-22-20(21)23-16-7-6-10-18(13-16)25-17-8-4-3-5-9-17;/h3-10,13,15,19H,11-12,14H2,1-2H3,(H3,21,22,23);1H.